The van der Waals surface area contributed by atoms with Crippen molar-refractivity contribution < 1.29 is 9.21 Å². The van der Waals surface area contributed by atoms with E-state index in [1.807, 2.05) is 35.0 Å². The summed E-state index contributed by atoms with van der Waals surface area (Å²) in [6.45, 7) is 10.9. The van der Waals surface area contributed by atoms with E-state index >= 15 is 0 Å². The van der Waals surface area contributed by atoms with Crippen LogP contribution in [0.15, 0.2) is 34.7 Å². The van der Waals surface area contributed by atoms with E-state index in [9.17, 15) is 4.79 Å². The van der Waals surface area contributed by atoms with Gasteiger partial charge in [0.1, 0.15) is 5.69 Å². The molecule has 2 aromatic heterocycles. The number of unbranched alkanes of at least 4 members (excludes halogenated alkanes) is 1. The second-order valence-corrected chi connectivity index (χ2v) is 7.86. The monoisotopic (exact) mass is 381 g/mol. The molecule has 0 saturated heterocycles. The third-order valence-corrected chi connectivity index (χ3v) is 4.39. The number of aryl methyl sites for hydroxylation is 1. The molecule has 0 radical (unpaired) electrons. The molecule has 1 N–H and O–H groups in total. The summed E-state index contributed by atoms with van der Waals surface area (Å²) in [5.74, 6) is 0.801. The Morgan fingerprint density at radius 3 is 2.64 bits per heavy atom. The van der Waals surface area contributed by atoms with E-state index in [0.717, 1.165) is 24.2 Å². The molecular formula is C21H27N5O2. The van der Waals surface area contributed by atoms with Gasteiger partial charge in [-0.2, -0.15) is 5.10 Å². The summed E-state index contributed by atoms with van der Waals surface area (Å²) in [7, 11) is 0. The number of benzene rings is 1. The maximum atomic E-state index is 12.4. The van der Waals surface area contributed by atoms with E-state index in [1.54, 1.807) is 6.92 Å². The van der Waals surface area contributed by atoms with Gasteiger partial charge in [-0.05, 0) is 30.7 Å². The van der Waals surface area contributed by atoms with Crippen molar-refractivity contribution in [3.05, 3.63) is 47.5 Å². The van der Waals surface area contributed by atoms with E-state index in [1.165, 1.54) is 0 Å². The Hall–Kier alpha value is -2.96. The molecule has 0 spiro atoms. The van der Waals surface area contributed by atoms with Gasteiger partial charge in [0, 0.05) is 24.4 Å². The maximum Gasteiger partial charge on any atom is 0.268 e. The van der Waals surface area contributed by atoms with Crippen LogP contribution < -0.4 is 5.32 Å². The minimum Gasteiger partial charge on any atom is -0.420 e. The number of nitrogens with one attached hydrogen (secondary N) is 1. The van der Waals surface area contributed by atoms with Crippen LogP contribution in [-0.2, 0) is 5.41 Å². The molecule has 1 aromatic carbocycles. The van der Waals surface area contributed by atoms with Gasteiger partial charge >= 0.3 is 0 Å². The molecule has 0 aliphatic rings. The molecule has 3 aromatic rings. The van der Waals surface area contributed by atoms with Crippen LogP contribution in [0.1, 0.15) is 62.5 Å². The Morgan fingerprint density at radius 2 is 2.00 bits per heavy atom. The number of carbonyl (C=O) groups is 1. The summed E-state index contributed by atoms with van der Waals surface area (Å²) in [6, 6.07) is 9.43. The predicted molar refractivity (Wildman–Crippen MR) is 108 cm³/mol. The predicted octanol–water partition coefficient (Wildman–Crippen LogP) is 4.06. The standard InChI is InChI=1S/C21H27N5O2/c1-6-7-11-22-19(27)15-9-8-10-16(12-15)26-18(21(3,4)5)13-17(25-26)20-24-23-14(2)28-20/h8-10,12-13H,6-7,11H2,1-5H3,(H,22,27). The Morgan fingerprint density at radius 1 is 1.21 bits per heavy atom. The Bertz CT molecular complexity index is 965. The van der Waals surface area contributed by atoms with Crippen LogP contribution in [0.3, 0.4) is 0 Å². The quantitative estimate of drug-likeness (QED) is 0.651. The van der Waals surface area contributed by atoms with Gasteiger partial charge in [-0.15, -0.1) is 10.2 Å². The highest BCUT2D eigenvalue weighted by Gasteiger charge is 2.24. The number of hydrogen-bond acceptors (Lipinski definition) is 5. The molecule has 7 heteroatoms. The third kappa shape index (κ3) is 4.30. The van der Waals surface area contributed by atoms with Gasteiger partial charge in [-0.25, -0.2) is 4.68 Å². The molecule has 148 valence electrons. The van der Waals surface area contributed by atoms with Gasteiger partial charge in [0.05, 0.1) is 11.4 Å². The number of aromatic nitrogens is 4. The molecule has 0 bridgehead atoms. The molecule has 0 saturated carbocycles. The molecule has 1 amide bonds. The van der Waals surface area contributed by atoms with Crippen LogP contribution in [0.25, 0.3) is 17.3 Å². The average Bonchev–Trinajstić information content (AvgIpc) is 3.28. The Balaban J connectivity index is 1.99. The highest BCUT2D eigenvalue weighted by molar-refractivity contribution is 5.94. The van der Waals surface area contributed by atoms with Crippen molar-refractivity contribution >= 4 is 5.91 Å². The van der Waals surface area contributed by atoms with Gasteiger partial charge in [0.15, 0.2) is 0 Å². The lowest BCUT2D eigenvalue weighted by Gasteiger charge is -2.20. The maximum absolute atomic E-state index is 12.4. The second kappa shape index (κ2) is 7.96. The molecule has 3 rings (SSSR count). The third-order valence-electron chi connectivity index (χ3n) is 4.39. The first-order valence-electron chi connectivity index (χ1n) is 9.59. The zero-order chi connectivity index (χ0) is 20.3. The summed E-state index contributed by atoms with van der Waals surface area (Å²) in [6.07, 6.45) is 2.01. The van der Waals surface area contributed by atoms with E-state index in [0.29, 0.717) is 29.6 Å². The zero-order valence-electron chi connectivity index (χ0n) is 17.1. The normalized spacial score (nSPS) is 11.6. The minimum absolute atomic E-state index is 0.0764. The van der Waals surface area contributed by atoms with E-state index in [-0.39, 0.29) is 11.3 Å². The lowest BCUT2D eigenvalue weighted by molar-refractivity contribution is 0.0953. The fourth-order valence-electron chi connectivity index (χ4n) is 2.88. The summed E-state index contributed by atoms with van der Waals surface area (Å²) in [4.78, 5) is 12.4. The van der Waals surface area contributed by atoms with Gasteiger partial charge in [0.25, 0.3) is 11.8 Å². The molecule has 0 aliphatic carbocycles. The van der Waals surface area contributed by atoms with Gasteiger partial charge in [-0.1, -0.05) is 40.2 Å². The molecule has 0 atom stereocenters. The molecule has 0 aliphatic heterocycles. The minimum atomic E-state index is -0.167. The lowest BCUT2D eigenvalue weighted by Crippen LogP contribution is -2.24. The van der Waals surface area contributed by atoms with Crippen LogP contribution in [0.2, 0.25) is 0 Å². The van der Waals surface area contributed by atoms with Crippen molar-refractivity contribution in [3.8, 4) is 17.3 Å². The fraction of sp³-hybridized carbons (Fsp3) is 0.429. The molecule has 2 heterocycles. The number of carbonyl (C=O) groups excluding carboxylic acids is 1. The molecule has 28 heavy (non-hydrogen) atoms. The van der Waals surface area contributed by atoms with Crippen molar-refractivity contribution in [1.29, 1.82) is 0 Å². The lowest BCUT2D eigenvalue weighted by atomic mass is 9.91. The largest absolute Gasteiger partial charge is 0.420 e. The first kappa shape index (κ1) is 19.8. The smallest absolute Gasteiger partial charge is 0.268 e. The summed E-state index contributed by atoms with van der Waals surface area (Å²) >= 11 is 0. The highest BCUT2D eigenvalue weighted by Crippen LogP contribution is 2.29. The molecule has 0 fully saturated rings. The summed E-state index contributed by atoms with van der Waals surface area (Å²) < 4.78 is 7.39. The van der Waals surface area contributed by atoms with Crippen LogP contribution in [0.5, 0.6) is 0 Å². The second-order valence-electron chi connectivity index (χ2n) is 7.86. The van der Waals surface area contributed by atoms with Crippen LogP contribution in [-0.4, -0.2) is 32.4 Å². The molecular weight excluding hydrogens is 354 g/mol. The summed E-state index contributed by atoms with van der Waals surface area (Å²) in [5, 5.41) is 15.6. The number of hydrogen-bond donors (Lipinski definition) is 1. The topological polar surface area (TPSA) is 85.8 Å². The first-order valence-corrected chi connectivity index (χ1v) is 9.59. The molecule has 7 nitrogen and oxygen atoms in total. The number of amides is 1. The van der Waals surface area contributed by atoms with Gasteiger partial charge < -0.3 is 9.73 Å². The fourth-order valence-corrected chi connectivity index (χ4v) is 2.88. The van der Waals surface area contributed by atoms with Crippen LogP contribution in [0.4, 0.5) is 0 Å². The van der Waals surface area contributed by atoms with Crippen molar-refractivity contribution in [3.63, 3.8) is 0 Å². The van der Waals surface area contributed by atoms with E-state index in [4.69, 9.17) is 9.52 Å². The SMILES string of the molecule is CCCCNC(=O)c1cccc(-n2nc(-c3nnc(C)o3)cc2C(C)(C)C)c1. The number of rotatable bonds is 6. The van der Waals surface area contributed by atoms with E-state index < -0.39 is 0 Å². The zero-order valence-corrected chi connectivity index (χ0v) is 17.1. The Kier molecular flexibility index (Phi) is 5.63. The van der Waals surface area contributed by atoms with Crippen LogP contribution >= 0.6 is 0 Å². The van der Waals surface area contributed by atoms with Crippen molar-refractivity contribution in [2.75, 3.05) is 6.54 Å². The Labute approximate surface area is 165 Å². The highest BCUT2D eigenvalue weighted by atomic mass is 16.4. The van der Waals surface area contributed by atoms with Crippen molar-refractivity contribution in [2.45, 2.75) is 52.9 Å². The average molecular weight is 381 g/mol. The summed E-state index contributed by atoms with van der Waals surface area (Å²) in [5.41, 5.74) is 2.86. The number of nitrogens with zero attached hydrogens (tertiary/aromatic N) is 4. The van der Waals surface area contributed by atoms with E-state index in [2.05, 4.69) is 43.2 Å². The first-order chi connectivity index (χ1) is 13.3. The van der Waals surface area contributed by atoms with Gasteiger partial charge in [-0.3, -0.25) is 4.79 Å². The molecule has 0 unspecified atom stereocenters. The van der Waals surface area contributed by atoms with Gasteiger partial charge in [0.2, 0.25) is 5.89 Å². The van der Waals surface area contributed by atoms with Crippen LogP contribution in [0, 0.1) is 6.92 Å². The van der Waals surface area contributed by atoms with Crippen molar-refractivity contribution in [2.24, 2.45) is 0 Å². The van der Waals surface area contributed by atoms with Crippen molar-refractivity contribution in [1.82, 2.24) is 25.3 Å².